The molecular formula is C29H37ClO12. The van der Waals surface area contributed by atoms with Crippen LogP contribution in [-0.2, 0) is 52.4 Å². The number of alkyl halides is 1. The van der Waals surface area contributed by atoms with Crippen LogP contribution in [0.5, 0.6) is 0 Å². The summed E-state index contributed by atoms with van der Waals surface area (Å²) < 4.78 is 35.0. The fraction of sp³-hybridized carbons (Fsp3) is 0.690. The molecule has 2 heterocycles. The second kappa shape index (κ2) is 11.3. The molecule has 2 aliphatic heterocycles. The molecule has 0 bridgehead atoms. The second-order valence-electron chi connectivity index (χ2n) is 11.7. The number of fused-ring (bicyclic) bond motifs is 3. The van der Waals surface area contributed by atoms with Crippen LogP contribution in [0.25, 0.3) is 0 Å². The minimum atomic E-state index is -2.25. The number of esters is 5. The number of allylic oxidation sites excluding steroid dienone is 1. The van der Waals surface area contributed by atoms with E-state index in [4.69, 9.17) is 40.0 Å². The van der Waals surface area contributed by atoms with Gasteiger partial charge >= 0.3 is 29.8 Å². The highest BCUT2D eigenvalue weighted by Gasteiger charge is 2.77. The summed E-state index contributed by atoms with van der Waals surface area (Å²) in [6, 6.07) is 0. The van der Waals surface area contributed by atoms with Gasteiger partial charge in [0.25, 0.3) is 0 Å². The van der Waals surface area contributed by atoms with Gasteiger partial charge in [0, 0.05) is 39.5 Å². The minimum absolute atomic E-state index is 0.0177. The van der Waals surface area contributed by atoms with Crippen molar-refractivity contribution in [3.8, 4) is 0 Å². The Kier molecular flexibility index (Phi) is 8.58. The molecule has 2 saturated heterocycles. The number of carbonyl (C=O) groups is 5. The van der Waals surface area contributed by atoms with E-state index in [-0.39, 0.29) is 25.0 Å². The van der Waals surface area contributed by atoms with Crippen LogP contribution in [0.3, 0.4) is 0 Å². The number of halogens is 1. The average Bonchev–Trinajstić information content (AvgIpc) is 3.62. The predicted molar refractivity (Wildman–Crippen MR) is 144 cm³/mol. The molecule has 2 aliphatic carbocycles. The van der Waals surface area contributed by atoms with Crippen molar-refractivity contribution in [3.63, 3.8) is 0 Å². The van der Waals surface area contributed by atoms with Gasteiger partial charge in [-0.25, -0.2) is 0 Å². The van der Waals surface area contributed by atoms with Crippen LogP contribution in [-0.4, -0.2) is 88.7 Å². The molecule has 12 nitrogen and oxygen atoms in total. The summed E-state index contributed by atoms with van der Waals surface area (Å²) in [5.74, 6) is -5.97. The number of ether oxygens (including phenoxy) is 6. The molecular weight excluding hydrogens is 576 g/mol. The van der Waals surface area contributed by atoms with Gasteiger partial charge in [0.1, 0.15) is 30.0 Å². The normalized spacial score (nSPS) is 43.2. The first-order chi connectivity index (χ1) is 19.5. The lowest BCUT2D eigenvalue weighted by Crippen LogP contribution is -2.72. The van der Waals surface area contributed by atoms with Crippen LogP contribution in [0.2, 0.25) is 0 Å². The van der Waals surface area contributed by atoms with E-state index in [1.807, 2.05) is 0 Å². The maximum absolute atomic E-state index is 13.0. The Bertz CT molecular complexity index is 1210. The molecule has 0 amide bonds. The van der Waals surface area contributed by atoms with Crippen LogP contribution in [0.4, 0.5) is 0 Å². The SMILES string of the molecule is C=C1/C=C/[C@H](OC(=O)CC)[C@@]2(C)[C@@H](OC(C)=O)[C@@H](OC(C)=O)C[C@]3(CO3)[C@@H]2C(OC(C)=O)[C@]2(O)[C@@H](C)C(=O)O[C@H]2[C@H]1Cl. The fourth-order valence-corrected chi connectivity index (χ4v) is 7.24. The Hall–Kier alpha value is -2.96. The molecule has 4 rings (SSSR count). The third-order valence-electron chi connectivity index (χ3n) is 8.92. The molecule has 1 spiro atoms. The van der Waals surface area contributed by atoms with Crippen molar-refractivity contribution in [1.82, 2.24) is 0 Å². The van der Waals surface area contributed by atoms with Gasteiger partial charge in [0.05, 0.1) is 23.3 Å². The van der Waals surface area contributed by atoms with Crippen molar-refractivity contribution in [2.24, 2.45) is 17.3 Å². The standard InChI is InChI=1S/C29H37ClO12/c1-8-20(34)41-19-10-9-13(2)21(30)24-29(36,14(3)26(35)42-24)25(40-17(6)33)22-27(19,7)23(39-16(5)32)18(38-15(4)31)11-28(22)12-37-28/h9-10,14,18-19,21-25,36H,2,8,11-12H2,1,3-7H3/b10-9+/t14-,18-,19-,21-,22+,23-,24-,25?,27+,28-,29-/m0/s1. The lowest BCUT2D eigenvalue weighted by Gasteiger charge is -2.57. The monoisotopic (exact) mass is 612 g/mol. The van der Waals surface area contributed by atoms with Gasteiger partial charge in [-0.15, -0.1) is 11.6 Å². The Morgan fingerprint density at radius 2 is 1.64 bits per heavy atom. The molecule has 4 aliphatic rings. The lowest BCUT2D eigenvalue weighted by molar-refractivity contribution is -0.257. The number of carbonyl (C=O) groups excluding carboxylic acids is 5. The highest BCUT2D eigenvalue weighted by molar-refractivity contribution is 6.23. The summed E-state index contributed by atoms with van der Waals surface area (Å²) in [5, 5.41) is 11.4. The Morgan fingerprint density at radius 1 is 1.07 bits per heavy atom. The Morgan fingerprint density at radius 3 is 2.17 bits per heavy atom. The van der Waals surface area contributed by atoms with E-state index in [0.29, 0.717) is 0 Å². The molecule has 42 heavy (non-hydrogen) atoms. The predicted octanol–water partition coefficient (Wildman–Crippen LogP) is 1.92. The third-order valence-corrected chi connectivity index (χ3v) is 9.43. The Labute approximate surface area is 248 Å². The van der Waals surface area contributed by atoms with Gasteiger partial charge in [-0.2, -0.15) is 0 Å². The molecule has 0 aromatic rings. The third kappa shape index (κ3) is 5.22. The Balaban J connectivity index is 2.09. The highest BCUT2D eigenvalue weighted by Crippen LogP contribution is 2.62. The fourth-order valence-electron chi connectivity index (χ4n) is 6.91. The first kappa shape index (κ1) is 32.0. The van der Waals surface area contributed by atoms with Gasteiger partial charge in [0.15, 0.2) is 11.7 Å². The molecule has 11 atom stereocenters. The molecule has 1 unspecified atom stereocenters. The van der Waals surface area contributed by atoms with Crippen molar-refractivity contribution < 1.29 is 57.5 Å². The maximum Gasteiger partial charge on any atom is 0.312 e. The zero-order valence-electron chi connectivity index (χ0n) is 24.4. The van der Waals surface area contributed by atoms with Crippen molar-refractivity contribution in [2.75, 3.05) is 6.61 Å². The summed E-state index contributed by atoms with van der Waals surface area (Å²) in [7, 11) is 0. The average molecular weight is 613 g/mol. The van der Waals surface area contributed by atoms with E-state index in [9.17, 15) is 29.1 Å². The maximum atomic E-state index is 13.0. The van der Waals surface area contributed by atoms with E-state index in [1.165, 1.54) is 32.9 Å². The minimum Gasteiger partial charge on any atom is -0.459 e. The number of rotatable bonds is 5. The molecule has 1 N–H and O–H groups in total. The zero-order valence-corrected chi connectivity index (χ0v) is 25.2. The van der Waals surface area contributed by atoms with Gasteiger partial charge in [-0.3, -0.25) is 24.0 Å². The van der Waals surface area contributed by atoms with Gasteiger partial charge < -0.3 is 33.5 Å². The first-order valence-corrected chi connectivity index (χ1v) is 14.3. The first-order valence-electron chi connectivity index (χ1n) is 13.8. The van der Waals surface area contributed by atoms with Crippen molar-refractivity contribution in [2.45, 2.75) is 101 Å². The summed E-state index contributed by atoms with van der Waals surface area (Å²) in [4.78, 5) is 63.3. The van der Waals surface area contributed by atoms with Crippen LogP contribution in [0, 0.1) is 17.3 Å². The van der Waals surface area contributed by atoms with Crippen molar-refractivity contribution >= 4 is 41.4 Å². The number of hydrogen-bond acceptors (Lipinski definition) is 12. The molecule has 0 aromatic heterocycles. The van der Waals surface area contributed by atoms with Crippen LogP contribution in [0.1, 0.15) is 54.4 Å². The number of epoxide rings is 1. The van der Waals surface area contributed by atoms with E-state index < -0.39 is 94.2 Å². The summed E-state index contributed by atoms with van der Waals surface area (Å²) in [6.45, 7) is 12.2. The van der Waals surface area contributed by atoms with Gasteiger partial charge in [-0.1, -0.05) is 26.5 Å². The molecule has 232 valence electrons. The van der Waals surface area contributed by atoms with Crippen LogP contribution in [0.15, 0.2) is 24.3 Å². The second-order valence-corrected chi connectivity index (χ2v) is 12.1. The molecule has 13 heteroatoms. The zero-order chi connectivity index (χ0) is 31.4. The lowest BCUT2D eigenvalue weighted by atomic mass is 9.52. The van der Waals surface area contributed by atoms with E-state index in [0.717, 1.165) is 6.92 Å². The van der Waals surface area contributed by atoms with Gasteiger partial charge in [-0.05, 0) is 18.6 Å². The quantitative estimate of drug-likeness (QED) is 0.208. The summed E-state index contributed by atoms with van der Waals surface area (Å²) in [6.07, 6.45) is -3.70. The molecule has 3 fully saturated rings. The number of hydrogen-bond donors (Lipinski definition) is 1. The van der Waals surface area contributed by atoms with Crippen molar-refractivity contribution in [1.29, 1.82) is 0 Å². The molecule has 1 saturated carbocycles. The molecule has 0 aromatic carbocycles. The highest BCUT2D eigenvalue weighted by atomic mass is 35.5. The van der Waals surface area contributed by atoms with E-state index in [1.54, 1.807) is 13.8 Å². The van der Waals surface area contributed by atoms with Crippen molar-refractivity contribution in [3.05, 3.63) is 24.3 Å². The number of aliphatic hydroxyl groups is 1. The van der Waals surface area contributed by atoms with E-state index >= 15 is 0 Å². The van der Waals surface area contributed by atoms with Gasteiger partial charge in [0.2, 0.25) is 0 Å². The largest absolute Gasteiger partial charge is 0.459 e. The van der Waals surface area contributed by atoms with Crippen LogP contribution < -0.4 is 0 Å². The smallest absolute Gasteiger partial charge is 0.312 e. The van der Waals surface area contributed by atoms with E-state index in [2.05, 4.69) is 6.58 Å². The summed E-state index contributed by atoms with van der Waals surface area (Å²) >= 11 is 6.75. The molecule has 0 radical (unpaired) electrons. The summed E-state index contributed by atoms with van der Waals surface area (Å²) in [5.41, 5.74) is -4.90. The topological polar surface area (TPSA) is 164 Å². The van der Waals surface area contributed by atoms with Crippen LogP contribution >= 0.6 is 11.6 Å².